The first-order valence-corrected chi connectivity index (χ1v) is 31.5. The molecule has 0 bridgehead atoms. The summed E-state index contributed by atoms with van der Waals surface area (Å²) in [5.74, 6) is 1.82. The molecular formula is C86H80N4O. The molecule has 0 spiro atoms. The molecule has 1 aliphatic carbocycles. The van der Waals surface area contributed by atoms with Crippen molar-refractivity contribution >= 4 is 32.8 Å². The maximum Gasteiger partial charge on any atom is 0.269 e. The molecule has 5 nitrogen and oxygen atoms in total. The molecule has 5 heteroatoms. The average molecular weight is 1200 g/mol. The molecule has 3 aromatic heterocycles. The third-order valence-electron chi connectivity index (χ3n) is 18.9. The molecule has 4 heterocycles. The fourth-order valence-electron chi connectivity index (χ4n) is 13.7. The molecule has 0 unspecified atom stereocenters. The van der Waals surface area contributed by atoms with E-state index in [9.17, 15) is 9.60 Å². The monoisotopic (exact) mass is 1200 g/mol. The zero-order valence-electron chi connectivity index (χ0n) is 67.0. The standard InChI is InChI=1S/C86H80N4O/c1-82(2,3)60-37-40-87-79(48-60)90-76-34-23-22-33-67(76)68-36-35-64(50-77(68)90)91-63-30-24-29-62(49-63)88-53-89-80-72(46-61(83(4,5)6)47-75(80)84(7,8)9)70-52-74-73(85(10,11)38-39-86(74,12)13)51-69(70)65-31-20-21-32-66(65)71-44-59(45-78(88)81(71)89)58-42-56(54-25-16-14-17-26-54)41-57(43-58)55-27-18-15-19-28-55/h14-37,40-52H,38-39H2,1-13H3/i14D,15D,16D,17D,18D,19D,25D,26D,27D,28D,41D,42D,43D. The highest BCUT2D eigenvalue weighted by molar-refractivity contribution is 6.10. The van der Waals surface area contributed by atoms with Gasteiger partial charge in [0.1, 0.15) is 17.3 Å². The third kappa shape index (κ3) is 10.00. The first-order chi connectivity index (χ1) is 48.9. The zero-order valence-corrected chi connectivity index (χ0v) is 54.0. The van der Waals surface area contributed by atoms with Crippen molar-refractivity contribution in [2.24, 2.45) is 0 Å². The van der Waals surface area contributed by atoms with Gasteiger partial charge in [0.15, 0.2) is 0 Å². The van der Waals surface area contributed by atoms with Gasteiger partial charge in [-0.1, -0.05) is 223 Å². The van der Waals surface area contributed by atoms with E-state index in [-0.39, 0.29) is 32.8 Å². The summed E-state index contributed by atoms with van der Waals surface area (Å²) < 4.78 is 135. The molecule has 0 fully saturated rings. The molecule has 15 rings (SSSR count). The lowest BCUT2D eigenvalue weighted by Crippen LogP contribution is -2.36. The molecule has 0 saturated heterocycles. The summed E-state index contributed by atoms with van der Waals surface area (Å²) in [6.07, 6.45) is 7.77. The number of hydrogen-bond acceptors (Lipinski definition) is 2. The van der Waals surface area contributed by atoms with E-state index in [1.54, 1.807) is 0 Å². The number of rotatable bonds is 7. The number of benzene rings is 10. The van der Waals surface area contributed by atoms with Gasteiger partial charge in [0.2, 0.25) is 0 Å². The summed E-state index contributed by atoms with van der Waals surface area (Å²) in [5.41, 5.74) is 12.2. The van der Waals surface area contributed by atoms with Gasteiger partial charge in [-0.15, -0.1) is 0 Å². The van der Waals surface area contributed by atoms with Gasteiger partial charge in [-0.25, -0.2) is 4.98 Å². The third-order valence-corrected chi connectivity index (χ3v) is 18.9. The zero-order chi connectivity index (χ0) is 74.4. The molecule has 0 radical (unpaired) electrons. The van der Waals surface area contributed by atoms with Gasteiger partial charge in [-0.2, -0.15) is 0 Å². The van der Waals surface area contributed by atoms with Crippen LogP contribution in [0.25, 0.3) is 117 Å². The summed E-state index contributed by atoms with van der Waals surface area (Å²) >= 11 is 0. The van der Waals surface area contributed by atoms with Crippen molar-refractivity contribution in [2.75, 3.05) is 0 Å². The molecule has 0 N–H and O–H groups in total. The summed E-state index contributed by atoms with van der Waals surface area (Å²) in [5, 5.41) is 2.08. The van der Waals surface area contributed by atoms with E-state index >= 15 is 0 Å². The van der Waals surface area contributed by atoms with Crippen molar-refractivity contribution in [3.05, 3.63) is 258 Å². The van der Waals surface area contributed by atoms with Crippen molar-refractivity contribution in [3.63, 3.8) is 0 Å². The molecule has 0 saturated carbocycles. The Morgan fingerprint density at radius 2 is 1.05 bits per heavy atom. The lowest BCUT2D eigenvalue weighted by atomic mass is 9.62. The normalized spacial score (nSPS) is 16.3. The predicted octanol–water partition coefficient (Wildman–Crippen LogP) is 22.5. The van der Waals surface area contributed by atoms with Crippen LogP contribution in [0.2, 0.25) is 0 Å². The fourth-order valence-corrected chi connectivity index (χ4v) is 13.7. The minimum absolute atomic E-state index is 0.139. The minimum atomic E-state index is -0.739. The SMILES string of the molecule is [2H]c1c([2H])c([2H])c(-c2c([2H])c(-c3cc4c5c(c3)n(-c3cccc(Oc6ccc7c8ccccc8n(-c8cc(C(C)(C)C)ccn8)c7c6)c3)[c-][n+]5-c3c(cc(C(C)(C)C)cc3C(C)(C)C)-c3cc5c(cc3-c3ccccc3-4)C(C)(C)CCC5(C)C)c([2H])c(-c3c([2H])c([2H])c([2H])c([2H])c3[2H])c2[2H])c([2H])c1[2H]. The maximum atomic E-state index is 10.5. The van der Waals surface area contributed by atoms with Crippen LogP contribution in [0.5, 0.6) is 11.5 Å². The van der Waals surface area contributed by atoms with E-state index in [1.165, 1.54) is 11.1 Å². The smallest absolute Gasteiger partial charge is 0.269 e. The van der Waals surface area contributed by atoms with Crippen molar-refractivity contribution in [1.82, 2.24) is 14.1 Å². The topological polar surface area (TPSA) is 35.9 Å². The number of fused-ring (bicyclic) bond motifs is 11. The number of hydrogen-bond donors (Lipinski definition) is 0. The number of imidazole rings is 1. The highest BCUT2D eigenvalue weighted by Gasteiger charge is 2.40. The Morgan fingerprint density at radius 3 is 1.69 bits per heavy atom. The molecule has 450 valence electrons. The predicted molar refractivity (Wildman–Crippen MR) is 380 cm³/mol. The van der Waals surface area contributed by atoms with Crippen molar-refractivity contribution < 1.29 is 27.1 Å². The summed E-state index contributed by atoms with van der Waals surface area (Å²) in [6.45, 7) is 29.3. The Morgan fingerprint density at radius 1 is 0.473 bits per heavy atom. The second-order valence-corrected chi connectivity index (χ2v) is 29.1. The summed E-state index contributed by atoms with van der Waals surface area (Å²) in [7, 11) is 0. The quantitative estimate of drug-likeness (QED) is 0.118. The van der Waals surface area contributed by atoms with Crippen LogP contribution in [-0.4, -0.2) is 14.1 Å². The number of ether oxygens (including phenoxy) is 1. The summed E-state index contributed by atoms with van der Waals surface area (Å²) in [4.78, 5) is 4.94. The fraction of sp³-hybridized carbons (Fsp3) is 0.233. The van der Waals surface area contributed by atoms with Crippen molar-refractivity contribution in [3.8, 4) is 95.5 Å². The lowest BCUT2D eigenvalue weighted by molar-refractivity contribution is -0.572. The second kappa shape index (κ2) is 21.0. The molecule has 1 aliphatic heterocycles. The van der Waals surface area contributed by atoms with Gasteiger partial charge in [0, 0.05) is 23.0 Å². The van der Waals surface area contributed by atoms with Crippen LogP contribution in [0.1, 0.15) is 148 Å². The number of nitrogens with zero attached hydrogens (tertiary/aromatic N) is 4. The first-order valence-electron chi connectivity index (χ1n) is 38.0. The van der Waals surface area contributed by atoms with E-state index in [0.717, 1.165) is 90.7 Å². The Bertz CT molecular complexity index is 5740. The van der Waals surface area contributed by atoms with Crippen LogP contribution in [0.4, 0.5) is 0 Å². The summed E-state index contributed by atoms with van der Waals surface area (Å²) in [6, 6.07) is 38.6. The van der Waals surface area contributed by atoms with E-state index < -0.39 is 106 Å². The van der Waals surface area contributed by atoms with Crippen LogP contribution in [0, 0.1) is 6.33 Å². The largest absolute Gasteiger partial charge is 0.458 e. The van der Waals surface area contributed by atoms with E-state index in [1.807, 2.05) is 83.6 Å². The molecule has 0 amide bonds. The molecule has 0 atom stereocenters. The van der Waals surface area contributed by atoms with Gasteiger partial charge in [0.05, 0.1) is 51.3 Å². The van der Waals surface area contributed by atoms with Crippen LogP contribution >= 0.6 is 0 Å². The lowest BCUT2D eigenvalue weighted by Gasteiger charge is -2.43. The Balaban J connectivity index is 1.08. The van der Waals surface area contributed by atoms with Crippen molar-refractivity contribution in [1.29, 1.82) is 0 Å². The number of para-hydroxylation sites is 1. The Labute approximate surface area is 555 Å². The van der Waals surface area contributed by atoms with E-state index in [2.05, 4.69) is 172 Å². The van der Waals surface area contributed by atoms with E-state index in [4.69, 9.17) is 17.9 Å². The van der Waals surface area contributed by atoms with Crippen LogP contribution in [0.15, 0.2) is 224 Å². The van der Waals surface area contributed by atoms with Gasteiger partial charge in [-0.3, -0.25) is 13.7 Å². The van der Waals surface area contributed by atoms with Gasteiger partial charge >= 0.3 is 0 Å². The van der Waals surface area contributed by atoms with Crippen molar-refractivity contribution in [2.45, 2.75) is 130 Å². The number of aromatic nitrogens is 4. The molecule has 91 heavy (non-hydrogen) atoms. The van der Waals surface area contributed by atoms with E-state index in [0.29, 0.717) is 33.8 Å². The van der Waals surface area contributed by atoms with Crippen LogP contribution < -0.4 is 9.30 Å². The molecule has 10 aromatic carbocycles. The van der Waals surface area contributed by atoms with Crippen LogP contribution in [0.3, 0.4) is 0 Å². The first kappa shape index (κ1) is 44.8. The highest BCUT2D eigenvalue weighted by Crippen LogP contribution is 2.54. The number of pyridine rings is 1. The molecule has 13 aromatic rings. The molecular weight excluding hydrogens is 1100 g/mol. The van der Waals surface area contributed by atoms with Crippen LogP contribution in [-0.2, 0) is 27.1 Å². The second-order valence-electron chi connectivity index (χ2n) is 29.1. The molecule has 2 aliphatic rings. The highest BCUT2D eigenvalue weighted by atomic mass is 16.5. The van der Waals surface area contributed by atoms with Gasteiger partial charge in [0.25, 0.3) is 6.33 Å². The van der Waals surface area contributed by atoms with Gasteiger partial charge in [-0.05, 0) is 213 Å². The Kier molecular flexibility index (Phi) is 10.3. The Hall–Kier alpha value is -9.58. The maximum absolute atomic E-state index is 10.5. The average Bonchev–Trinajstić information content (AvgIpc) is 1.41. The van der Waals surface area contributed by atoms with Gasteiger partial charge < -0.3 is 4.74 Å². The minimum Gasteiger partial charge on any atom is -0.458 e.